The van der Waals surface area contributed by atoms with Crippen LogP contribution >= 0.6 is 11.6 Å². The number of hydrogen-bond donors (Lipinski definition) is 0. The highest BCUT2D eigenvalue weighted by atomic mass is 35.5. The maximum Gasteiger partial charge on any atom is 0.296 e. The molecule has 0 bridgehead atoms. The van der Waals surface area contributed by atoms with Gasteiger partial charge in [0.1, 0.15) is 11.3 Å². The highest BCUT2D eigenvalue weighted by molar-refractivity contribution is 7.86. The van der Waals surface area contributed by atoms with E-state index in [9.17, 15) is 8.42 Å². The first kappa shape index (κ1) is 19.7. The van der Waals surface area contributed by atoms with E-state index in [1.54, 1.807) is 30.3 Å². The summed E-state index contributed by atoms with van der Waals surface area (Å²) in [6, 6.07) is 14.2. The van der Waals surface area contributed by atoms with Crippen LogP contribution in [0.4, 0.5) is 0 Å². The van der Waals surface area contributed by atoms with Gasteiger partial charge in [-0.1, -0.05) is 42.0 Å². The molecule has 0 saturated heterocycles. The number of aryl methyl sites for hydroxylation is 1. The van der Waals surface area contributed by atoms with E-state index in [0.29, 0.717) is 12.2 Å². The summed E-state index contributed by atoms with van der Waals surface area (Å²) in [6.45, 7) is 5.67. The quantitative estimate of drug-likeness (QED) is 0.281. The van der Waals surface area contributed by atoms with Crippen molar-refractivity contribution in [2.24, 2.45) is 0 Å². The summed E-state index contributed by atoms with van der Waals surface area (Å²) < 4.78 is 36.3. The smallest absolute Gasteiger partial charge is 0.296 e. The minimum Gasteiger partial charge on any atom is -0.459 e. The molecule has 6 heteroatoms. The number of fused-ring (bicyclic) bond motifs is 1. The molecule has 0 aliphatic rings. The van der Waals surface area contributed by atoms with E-state index in [0.717, 1.165) is 22.1 Å². The number of para-hydroxylation sites is 1. The number of alkyl halides is 1. The molecule has 0 N–H and O–H groups in total. The van der Waals surface area contributed by atoms with Crippen LogP contribution in [0.3, 0.4) is 0 Å². The van der Waals surface area contributed by atoms with Gasteiger partial charge in [0, 0.05) is 16.9 Å². The normalized spacial score (nSPS) is 13.0. The molecule has 142 valence electrons. The van der Waals surface area contributed by atoms with Crippen molar-refractivity contribution in [3.63, 3.8) is 0 Å². The molecule has 4 nitrogen and oxygen atoms in total. The first-order valence-corrected chi connectivity index (χ1v) is 10.5. The number of benzene rings is 2. The van der Waals surface area contributed by atoms with Crippen LogP contribution in [0.15, 0.2) is 70.5 Å². The molecule has 0 radical (unpaired) electrons. The Hall–Kier alpha value is -2.08. The van der Waals surface area contributed by atoms with E-state index in [4.69, 9.17) is 20.2 Å². The van der Waals surface area contributed by atoms with Crippen LogP contribution in [0.2, 0.25) is 0 Å². The van der Waals surface area contributed by atoms with Crippen LogP contribution in [0.1, 0.15) is 29.2 Å². The van der Waals surface area contributed by atoms with E-state index < -0.39 is 10.1 Å². The van der Waals surface area contributed by atoms with Crippen LogP contribution in [0.5, 0.6) is 0 Å². The average molecular weight is 405 g/mol. The van der Waals surface area contributed by atoms with E-state index in [1.165, 1.54) is 0 Å². The minimum atomic E-state index is -3.85. The van der Waals surface area contributed by atoms with Crippen LogP contribution in [-0.4, -0.2) is 15.0 Å². The van der Waals surface area contributed by atoms with E-state index in [2.05, 4.69) is 6.58 Å². The van der Waals surface area contributed by atoms with Gasteiger partial charge in [-0.3, -0.25) is 4.18 Å². The molecule has 0 amide bonds. The first-order valence-electron chi connectivity index (χ1n) is 8.59. The van der Waals surface area contributed by atoms with Crippen molar-refractivity contribution in [1.29, 1.82) is 0 Å². The first-order chi connectivity index (χ1) is 13.0. The Bertz CT molecular complexity index is 1040. The summed E-state index contributed by atoms with van der Waals surface area (Å²) in [6.07, 6.45) is 2.28. The zero-order chi connectivity index (χ0) is 19.4. The second-order valence-electron chi connectivity index (χ2n) is 6.34. The molecule has 0 aliphatic heterocycles. The van der Waals surface area contributed by atoms with Crippen molar-refractivity contribution >= 4 is 32.7 Å². The zero-order valence-electron chi connectivity index (χ0n) is 15.0. The number of hydrogen-bond acceptors (Lipinski definition) is 4. The lowest BCUT2D eigenvalue weighted by Gasteiger charge is -2.16. The van der Waals surface area contributed by atoms with Gasteiger partial charge in [-0.2, -0.15) is 8.42 Å². The Morgan fingerprint density at radius 1 is 1.19 bits per heavy atom. The van der Waals surface area contributed by atoms with Crippen LogP contribution in [0, 0.1) is 6.92 Å². The molecule has 0 fully saturated rings. The maximum atomic E-state index is 12.5. The number of halogens is 1. The Morgan fingerprint density at radius 3 is 2.56 bits per heavy atom. The van der Waals surface area contributed by atoms with Crippen LogP contribution in [-0.2, 0) is 20.2 Å². The lowest BCUT2D eigenvalue weighted by molar-refractivity contribution is 0.290. The standard InChI is InChI=1S/C21H21ClO4S/c1-3-6-16(14-25-27(23,24)17-11-9-15(2)10-12-17)21-18-7-4-5-8-19(18)26-20(21)13-22/h3-5,7-12,16H,1,6,13-14H2,2H3. The van der Waals surface area contributed by atoms with E-state index in [-0.39, 0.29) is 23.3 Å². The van der Waals surface area contributed by atoms with Crippen molar-refractivity contribution in [3.05, 3.63) is 78.1 Å². The van der Waals surface area contributed by atoms with E-state index in [1.807, 2.05) is 31.2 Å². The summed E-state index contributed by atoms with van der Waals surface area (Å²) in [5.41, 5.74) is 2.58. The lowest BCUT2D eigenvalue weighted by Crippen LogP contribution is -2.14. The lowest BCUT2D eigenvalue weighted by atomic mass is 9.94. The topological polar surface area (TPSA) is 56.5 Å². The summed E-state index contributed by atoms with van der Waals surface area (Å²) in [5.74, 6) is 0.587. The number of rotatable bonds is 8. The third-order valence-corrected chi connectivity index (χ3v) is 5.96. The highest BCUT2D eigenvalue weighted by Gasteiger charge is 2.24. The average Bonchev–Trinajstić information content (AvgIpc) is 3.04. The Morgan fingerprint density at radius 2 is 1.89 bits per heavy atom. The molecule has 0 aliphatic carbocycles. The van der Waals surface area contributed by atoms with Crippen LogP contribution in [0.25, 0.3) is 11.0 Å². The molecular formula is C21H21ClO4S. The second-order valence-corrected chi connectivity index (χ2v) is 8.22. The molecule has 1 heterocycles. The van der Waals surface area contributed by atoms with Gasteiger partial charge < -0.3 is 4.42 Å². The summed E-state index contributed by atoms with van der Waals surface area (Å²) >= 11 is 6.07. The fourth-order valence-corrected chi connectivity index (χ4v) is 4.23. The number of furan rings is 1. The zero-order valence-corrected chi connectivity index (χ0v) is 16.6. The fraction of sp³-hybridized carbons (Fsp3) is 0.238. The third kappa shape index (κ3) is 4.26. The third-order valence-electron chi connectivity index (χ3n) is 4.43. The van der Waals surface area contributed by atoms with Gasteiger partial charge in [0.25, 0.3) is 10.1 Å². The minimum absolute atomic E-state index is 0.0182. The fourth-order valence-electron chi connectivity index (χ4n) is 3.08. The Kier molecular flexibility index (Phi) is 6.05. The molecule has 27 heavy (non-hydrogen) atoms. The van der Waals surface area contributed by atoms with Crippen molar-refractivity contribution < 1.29 is 17.0 Å². The van der Waals surface area contributed by atoms with Gasteiger partial charge in [-0.15, -0.1) is 18.2 Å². The van der Waals surface area contributed by atoms with Crippen molar-refractivity contribution in [2.75, 3.05) is 6.61 Å². The Labute approximate surface area is 164 Å². The van der Waals surface area contributed by atoms with Crippen molar-refractivity contribution in [2.45, 2.75) is 30.0 Å². The van der Waals surface area contributed by atoms with E-state index >= 15 is 0 Å². The highest BCUT2D eigenvalue weighted by Crippen LogP contribution is 2.35. The molecule has 0 spiro atoms. The van der Waals surface area contributed by atoms with Gasteiger partial charge in [-0.25, -0.2) is 0 Å². The molecule has 1 unspecified atom stereocenters. The predicted octanol–water partition coefficient (Wildman–Crippen LogP) is 5.55. The van der Waals surface area contributed by atoms with Gasteiger partial charge in [0.15, 0.2) is 0 Å². The van der Waals surface area contributed by atoms with Crippen LogP contribution < -0.4 is 0 Å². The molecule has 1 atom stereocenters. The largest absolute Gasteiger partial charge is 0.459 e. The molecule has 1 aromatic heterocycles. The number of allylic oxidation sites excluding steroid dienone is 1. The monoisotopic (exact) mass is 404 g/mol. The SMILES string of the molecule is C=CCC(COS(=O)(=O)c1ccc(C)cc1)c1c(CCl)oc2ccccc12. The summed E-state index contributed by atoms with van der Waals surface area (Å²) in [7, 11) is -3.85. The molecule has 0 saturated carbocycles. The molecule has 3 aromatic rings. The predicted molar refractivity (Wildman–Crippen MR) is 108 cm³/mol. The van der Waals surface area contributed by atoms with Gasteiger partial charge >= 0.3 is 0 Å². The van der Waals surface area contributed by atoms with Gasteiger partial charge in [0.2, 0.25) is 0 Å². The second kappa shape index (κ2) is 8.30. The van der Waals surface area contributed by atoms with Gasteiger partial charge in [0.05, 0.1) is 17.4 Å². The van der Waals surface area contributed by atoms with Crippen molar-refractivity contribution in [3.8, 4) is 0 Å². The summed E-state index contributed by atoms with van der Waals surface area (Å²) in [5, 5.41) is 0.913. The molecular weight excluding hydrogens is 384 g/mol. The Balaban J connectivity index is 1.91. The maximum absolute atomic E-state index is 12.5. The summed E-state index contributed by atoms with van der Waals surface area (Å²) in [4.78, 5) is 0.139. The molecule has 3 rings (SSSR count). The molecule has 2 aromatic carbocycles. The van der Waals surface area contributed by atoms with Gasteiger partial charge in [-0.05, 0) is 31.5 Å². The van der Waals surface area contributed by atoms with Crippen molar-refractivity contribution in [1.82, 2.24) is 0 Å².